The molecule has 0 atom stereocenters. The second-order valence-corrected chi connectivity index (χ2v) is 6.52. The molecule has 0 unspecified atom stereocenters. The Morgan fingerprint density at radius 1 is 1.24 bits per heavy atom. The number of hydrogen-bond acceptors (Lipinski definition) is 3. The van der Waals surface area contributed by atoms with Crippen LogP contribution in [0.15, 0.2) is 35.7 Å². The molecule has 0 fully saturated rings. The van der Waals surface area contributed by atoms with E-state index in [4.69, 9.17) is 0 Å². The summed E-state index contributed by atoms with van der Waals surface area (Å²) in [5.74, 6) is -0.984. The highest BCUT2D eigenvalue weighted by Crippen LogP contribution is 2.26. The van der Waals surface area contributed by atoms with Crippen LogP contribution in [-0.2, 0) is 14.8 Å². The lowest BCUT2D eigenvalue weighted by Crippen LogP contribution is -2.41. The van der Waals surface area contributed by atoms with Crippen LogP contribution in [0.4, 0.5) is 0 Å². The van der Waals surface area contributed by atoms with Crippen molar-refractivity contribution in [2.75, 3.05) is 6.54 Å². The van der Waals surface area contributed by atoms with E-state index in [1.165, 1.54) is 6.08 Å². The van der Waals surface area contributed by atoms with Crippen LogP contribution in [0.3, 0.4) is 0 Å². The van der Waals surface area contributed by atoms with Crippen LogP contribution in [-0.4, -0.2) is 26.0 Å². The lowest BCUT2D eigenvalue weighted by atomic mass is 9.83. The quantitative estimate of drug-likeness (QED) is 0.772. The van der Waals surface area contributed by atoms with E-state index in [0.29, 0.717) is 12.8 Å². The minimum absolute atomic E-state index is 0.114. The predicted octanol–water partition coefficient (Wildman–Crippen LogP) is 2.47. The molecule has 116 valence electrons. The Hall–Kier alpha value is -1.66. The van der Waals surface area contributed by atoms with Gasteiger partial charge in [-0.25, -0.2) is 13.1 Å². The van der Waals surface area contributed by atoms with Crippen molar-refractivity contribution in [3.63, 3.8) is 0 Å². The van der Waals surface area contributed by atoms with E-state index in [-0.39, 0.29) is 6.54 Å². The topological polar surface area (TPSA) is 83.5 Å². The standard InChI is InChI=1S/C15H21NO4S/c1-3-15(4-2,14(17)18)12-16-21(19,20)11-10-13-8-6-5-7-9-13/h5-11,16H,3-4,12H2,1-2H3,(H,17,18)/b11-10+. The Labute approximate surface area is 125 Å². The molecule has 5 nitrogen and oxygen atoms in total. The van der Waals surface area contributed by atoms with Crippen LogP contribution in [0.1, 0.15) is 32.3 Å². The number of carboxylic acid groups (broad SMARTS) is 1. The van der Waals surface area contributed by atoms with Gasteiger partial charge in [0.05, 0.1) is 5.41 Å². The average molecular weight is 311 g/mol. The van der Waals surface area contributed by atoms with Crippen molar-refractivity contribution in [2.24, 2.45) is 5.41 Å². The van der Waals surface area contributed by atoms with Gasteiger partial charge in [0.2, 0.25) is 10.0 Å². The van der Waals surface area contributed by atoms with Gasteiger partial charge in [-0.1, -0.05) is 44.2 Å². The fourth-order valence-corrected chi connectivity index (χ4v) is 2.81. The number of benzene rings is 1. The van der Waals surface area contributed by atoms with Crippen molar-refractivity contribution >= 4 is 22.1 Å². The van der Waals surface area contributed by atoms with Crippen LogP contribution in [0, 0.1) is 5.41 Å². The second kappa shape index (κ2) is 7.38. The van der Waals surface area contributed by atoms with Crippen LogP contribution < -0.4 is 4.72 Å². The maximum absolute atomic E-state index is 11.9. The van der Waals surface area contributed by atoms with E-state index in [2.05, 4.69) is 4.72 Å². The molecule has 0 spiro atoms. The van der Waals surface area contributed by atoms with Crippen molar-refractivity contribution in [1.29, 1.82) is 0 Å². The molecule has 6 heteroatoms. The monoisotopic (exact) mass is 311 g/mol. The normalized spacial score (nSPS) is 12.7. The summed E-state index contributed by atoms with van der Waals surface area (Å²) in [6.07, 6.45) is 2.20. The largest absolute Gasteiger partial charge is 0.481 e. The zero-order chi connectivity index (χ0) is 15.9. The highest BCUT2D eigenvalue weighted by molar-refractivity contribution is 7.92. The number of hydrogen-bond donors (Lipinski definition) is 2. The molecule has 0 heterocycles. The average Bonchev–Trinajstić information content (AvgIpc) is 2.48. The first-order chi connectivity index (χ1) is 9.85. The molecule has 0 aliphatic heterocycles. The molecule has 0 bridgehead atoms. The van der Waals surface area contributed by atoms with Gasteiger partial charge in [-0.15, -0.1) is 0 Å². The van der Waals surface area contributed by atoms with Crippen molar-refractivity contribution in [3.05, 3.63) is 41.3 Å². The van der Waals surface area contributed by atoms with Gasteiger partial charge in [0.1, 0.15) is 0 Å². The van der Waals surface area contributed by atoms with E-state index in [1.54, 1.807) is 26.0 Å². The van der Waals surface area contributed by atoms with Gasteiger partial charge in [0.25, 0.3) is 0 Å². The maximum Gasteiger partial charge on any atom is 0.310 e. The number of carbonyl (C=O) groups is 1. The summed E-state index contributed by atoms with van der Waals surface area (Å²) >= 11 is 0. The Bertz CT molecular complexity index is 589. The van der Waals surface area contributed by atoms with Crippen molar-refractivity contribution in [2.45, 2.75) is 26.7 Å². The van der Waals surface area contributed by atoms with Gasteiger partial charge < -0.3 is 5.11 Å². The smallest absolute Gasteiger partial charge is 0.310 e. The van der Waals surface area contributed by atoms with Gasteiger partial charge in [-0.3, -0.25) is 4.79 Å². The van der Waals surface area contributed by atoms with Crippen LogP contribution in [0.5, 0.6) is 0 Å². The SMILES string of the molecule is CCC(CC)(CNS(=O)(=O)/C=C/c1ccccc1)C(=O)O. The molecule has 1 aromatic carbocycles. The van der Waals surface area contributed by atoms with Crippen LogP contribution in [0.2, 0.25) is 0 Å². The number of nitrogens with one attached hydrogen (secondary N) is 1. The molecule has 0 aliphatic carbocycles. The fraction of sp³-hybridized carbons (Fsp3) is 0.400. The van der Waals surface area contributed by atoms with Crippen LogP contribution >= 0.6 is 0 Å². The molecule has 0 radical (unpaired) electrons. The zero-order valence-corrected chi connectivity index (χ0v) is 13.1. The summed E-state index contributed by atoms with van der Waals surface area (Å²) in [6, 6.07) is 9.03. The lowest BCUT2D eigenvalue weighted by Gasteiger charge is -2.26. The second-order valence-electron chi connectivity index (χ2n) is 4.87. The Kier molecular flexibility index (Phi) is 6.11. The molecule has 2 N–H and O–H groups in total. The van der Waals surface area contributed by atoms with Crippen LogP contribution in [0.25, 0.3) is 6.08 Å². The molecular weight excluding hydrogens is 290 g/mol. The third-order valence-corrected chi connectivity index (χ3v) is 4.70. The van der Waals surface area contributed by atoms with Gasteiger partial charge in [0, 0.05) is 12.0 Å². The lowest BCUT2D eigenvalue weighted by molar-refractivity contribution is -0.149. The first kappa shape index (κ1) is 17.4. The predicted molar refractivity (Wildman–Crippen MR) is 83.0 cm³/mol. The summed E-state index contributed by atoms with van der Waals surface area (Å²) in [5, 5.41) is 10.3. The maximum atomic E-state index is 11.9. The first-order valence-corrected chi connectivity index (χ1v) is 8.36. The van der Waals surface area contributed by atoms with Gasteiger partial charge >= 0.3 is 5.97 Å². The van der Waals surface area contributed by atoms with Gasteiger partial charge in [-0.05, 0) is 24.5 Å². The summed E-state index contributed by atoms with van der Waals surface area (Å²) < 4.78 is 26.2. The molecule has 1 rings (SSSR count). The Morgan fingerprint density at radius 2 is 1.81 bits per heavy atom. The molecule has 0 amide bonds. The third kappa shape index (κ3) is 4.99. The Balaban J connectivity index is 2.77. The molecular formula is C15H21NO4S. The van der Waals surface area contributed by atoms with E-state index in [1.807, 2.05) is 18.2 Å². The van der Waals surface area contributed by atoms with E-state index >= 15 is 0 Å². The van der Waals surface area contributed by atoms with Crippen molar-refractivity contribution < 1.29 is 18.3 Å². The molecule has 0 saturated carbocycles. The molecule has 0 aliphatic rings. The highest BCUT2D eigenvalue weighted by atomic mass is 32.2. The highest BCUT2D eigenvalue weighted by Gasteiger charge is 2.35. The van der Waals surface area contributed by atoms with Gasteiger partial charge in [0.15, 0.2) is 0 Å². The summed E-state index contributed by atoms with van der Waals surface area (Å²) in [7, 11) is -3.66. The molecule has 1 aromatic rings. The minimum Gasteiger partial charge on any atom is -0.481 e. The summed E-state index contributed by atoms with van der Waals surface area (Å²) in [6.45, 7) is 3.37. The number of sulfonamides is 1. The summed E-state index contributed by atoms with van der Waals surface area (Å²) in [5.41, 5.74) is -0.299. The fourth-order valence-electron chi connectivity index (χ4n) is 1.90. The number of aliphatic carboxylic acids is 1. The molecule has 0 saturated heterocycles. The Morgan fingerprint density at radius 3 is 2.29 bits per heavy atom. The summed E-state index contributed by atoms with van der Waals surface area (Å²) in [4.78, 5) is 11.3. The molecule has 0 aromatic heterocycles. The van der Waals surface area contributed by atoms with E-state index in [9.17, 15) is 18.3 Å². The van der Waals surface area contributed by atoms with Crippen molar-refractivity contribution in [1.82, 2.24) is 4.72 Å². The van der Waals surface area contributed by atoms with E-state index < -0.39 is 21.4 Å². The number of carboxylic acids is 1. The third-order valence-electron chi connectivity index (χ3n) is 3.66. The molecule has 21 heavy (non-hydrogen) atoms. The minimum atomic E-state index is -3.66. The first-order valence-electron chi connectivity index (χ1n) is 6.81. The number of rotatable bonds is 8. The van der Waals surface area contributed by atoms with Gasteiger partial charge in [-0.2, -0.15) is 0 Å². The zero-order valence-electron chi connectivity index (χ0n) is 12.2. The van der Waals surface area contributed by atoms with Crippen molar-refractivity contribution in [3.8, 4) is 0 Å². The van der Waals surface area contributed by atoms with E-state index in [0.717, 1.165) is 11.0 Å².